The van der Waals surface area contributed by atoms with Crippen LogP contribution in [0.4, 0.5) is 0 Å². The molecule has 1 aromatic heterocycles. The number of carbonyl (C=O) groups is 1. The lowest BCUT2D eigenvalue weighted by atomic mass is 10.0. The first kappa shape index (κ1) is 17.9. The molecule has 1 amide bonds. The number of nitriles is 1. The van der Waals surface area contributed by atoms with Crippen LogP contribution in [-0.4, -0.2) is 30.0 Å². The number of piperidine rings is 1. The van der Waals surface area contributed by atoms with Gasteiger partial charge in [-0.1, -0.05) is 18.2 Å². The number of likely N-dealkylation sites (tertiary alicyclic amines) is 1. The zero-order valence-corrected chi connectivity index (χ0v) is 15.4. The van der Waals surface area contributed by atoms with Gasteiger partial charge in [0.05, 0.1) is 17.9 Å². The molecular formula is C23H20N2O3. The highest BCUT2D eigenvalue weighted by molar-refractivity contribution is 5.94. The summed E-state index contributed by atoms with van der Waals surface area (Å²) >= 11 is 0. The van der Waals surface area contributed by atoms with Crippen molar-refractivity contribution in [3.8, 4) is 23.1 Å². The minimum absolute atomic E-state index is 0.0321. The highest BCUT2D eigenvalue weighted by atomic mass is 16.5. The third kappa shape index (κ3) is 3.91. The van der Waals surface area contributed by atoms with Crippen LogP contribution in [0.15, 0.2) is 71.3 Å². The van der Waals surface area contributed by atoms with E-state index in [1.165, 1.54) is 0 Å². The summed E-state index contributed by atoms with van der Waals surface area (Å²) in [5.41, 5.74) is 2.04. The average Bonchev–Trinajstić information content (AvgIpc) is 3.29. The Morgan fingerprint density at radius 3 is 2.64 bits per heavy atom. The molecule has 0 bridgehead atoms. The molecule has 5 nitrogen and oxygen atoms in total. The summed E-state index contributed by atoms with van der Waals surface area (Å²) in [5.74, 6) is 1.58. The summed E-state index contributed by atoms with van der Waals surface area (Å²) in [5, 5.41) is 9.01. The van der Waals surface area contributed by atoms with E-state index < -0.39 is 0 Å². The lowest BCUT2D eigenvalue weighted by Gasteiger charge is -2.32. The molecule has 0 spiro atoms. The molecule has 5 heteroatoms. The minimum atomic E-state index is -0.0321. The third-order valence-electron chi connectivity index (χ3n) is 4.91. The Hall–Kier alpha value is -3.52. The van der Waals surface area contributed by atoms with Crippen molar-refractivity contribution in [2.24, 2.45) is 0 Å². The Balaban J connectivity index is 1.36. The molecule has 1 saturated heterocycles. The summed E-state index contributed by atoms with van der Waals surface area (Å²) in [6, 6.07) is 20.6. The molecule has 0 aliphatic carbocycles. The molecule has 3 aromatic rings. The Morgan fingerprint density at radius 1 is 1.07 bits per heavy atom. The van der Waals surface area contributed by atoms with Crippen LogP contribution in [0, 0.1) is 11.3 Å². The van der Waals surface area contributed by atoms with Gasteiger partial charge in [-0.15, -0.1) is 0 Å². The number of nitrogens with zero attached hydrogens (tertiary/aromatic N) is 2. The van der Waals surface area contributed by atoms with E-state index in [0.29, 0.717) is 24.2 Å². The third-order valence-corrected chi connectivity index (χ3v) is 4.91. The SMILES string of the molecule is N#Cc1cccc(C(=O)N2CCC(Oc3cccc(-c4ccco4)c3)CC2)c1. The van der Waals surface area contributed by atoms with Gasteiger partial charge in [0.2, 0.25) is 0 Å². The highest BCUT2D eigenvalue weighted by Crippen LogP contribution is 2.26. The molecule has 0 unspecified atom stereocenters. The number of carbonyl (C=O) groups excluding carboxylic acids is 1. The van der Waals surface area contributed by atoms with Gasteiger partial charge in [0.1, 0.15) is 17.6 Å². The smallest absolute Gasteiger partial charge is 0.253 e. The van der Waals surface area contributed by atoms with Crippen LogP contribution >= 0.6 is 0 Å². The number of rotatable bonds is 4. The standard InChI is InChI=1S/C23H20N2O3/c24-16-17-4-1-6-19(14-17)23(26)25-11-9-20(10-12-25)28-21-7-2-5-18(15-21)22-8-3-13-27-22/h1-8,13-15,20H,9-12H2. The highest BCUT2D eigenvalue weighted by Gasteiger charge is 2.25. The fraction of sp³-hybridized carbons (Fsp3) is 0.217. The van der Waals surface area contributed by atoms with E-state index in [2.05, 4.69) is 6.07 Å². The van der Waals surface area contributed by atoms with Crippen LogP contribution in [0.3, 0.4) is 0 Å². The van der Waals surface area contributed by atoms with Crippen molar-refractivity contribution in [3.05, 3.63) is 78.1 Å². The average molecular weight is 372 g/mol. The second-order valence-electron chi connectivity index (χ2n) is 6.81. The van der Waals surface area contributed by atoms with Crippen LogP contribution in [0.2, 0.25) is 0 Å². The van der Waals surface area contributed by atoms with Crippen molar-refractivity contribution in [2.75, 3.05) is 13.1 Å². The van der Waals surface area contributed by atoms with Gasteiger partial charge in [0.15, 0.2) is 0 Å². The predicted octanol–water partition coefficient (Wildman–Crippen LogP) is 4.50. The van der Waals surface area contributed by atoms with Gasteiger partial charge < -0.3 is 14.1 Å². The second kappa shape index (κ2) is 8.01. The van der Waals surface area contributed by atoms with Crippen molar-refractivity contribution in [1.29, 1.82) is 5.26 Å². The topological polar surface area (TPSA) is 66.5 Å². The van der Waals surface area contributed by atoms with Crippen LogP contribution in [0.25, 0.3) is 11.3 Å². The summed E-state index contributed by atoms with van der Waals surface area (Å²) in [7, 11) is 0. The van der Waals surface area contributed by atoms with Crippen LogP contribution in [0.5, 0.6) is 5.75 Å². The fourth-order valence-corrected chi connectivity index (χ4v) is 3.44. The van der Waals surface area contributed by atoms with Crippen molar-refractivity contribution in [1.82, 2.24) is 4.90 Å². The monoisotopic (exact) mass is 372 g/mol. The molecule has 0 atom stereocenters. The van der Waals surface area contributed by atoms with Crippen LogP contribution in [0.1, 0.15) is 28.8 Å². The zero-order chi connectivity index (χ0) is 19.3. The lowest BCUT2D eigenvalue weighted by molar-refractivity contribution is 0.0595. The molecule has 28 heavy (non-hydrogen) atoms. The normalized spacial score (nSPS) is 14.5. The minimum Gasteiger partial charge on any atom is -0.490 e. The van der Waals surface area contributed by atoms with Gasteiger partial charge in [-0.05, 0) is 42.5 Å². The van der Waals surface area contributed by atoms with E-state index in [9.17, 15) is 4.79 Å². The van der Waals surface area contributed by atoms with E-state index in [0.717, 1.165) is 29.9 Å². The molecule has 1 fully saturated rings. The van der Waals surface area contributed by atoms with E-state index >= 15 is 0 Å². The van der Waals surface area contributed by atoms with Gasteiger partial charge in [-0.3, -0.25) is 4.79 Å². The molecule has 0 saturated carbocycles. The van der Waals surface area contributed by atoms with Gasteiger partial charge in [0.25, 0.3) is 5.91 Å². The van der Waals surface area contributed by atoms with Crippen LogP contribution < -0.4 is 4.74 Å². The molecule has 0 N–H and O–H groups in total. The van der Waals surface area contributed by atoms with E-state index in [-0.39, 0.29) is 12.0 Å². The molecule has 2 heterocycles. The number of hydrogen-bond acceptors (Lipinski definition) is 4. The van der Waals surface area contributed by atoms with E-state index in [1.54, 1.807) is 30.5 Å². The molecule has 2 aromatic carbocycles. The predicted molar refractivity (Wildman–Crippen MR) is 105 cm³/mol. The summed E-state index contributed by atoms with van der Waals surface area (Å²) in [4.78, 5) is 14.5. The summed E-state index contributed by atoms with van der Waals surface area (Å²) in [6.45, 7) is 1.27. The Labute approximate surface area is 163 Å². The lowest BCUT2D eigenvalue weighted by Crippen LogP contribution is -2.41. The largest absolute Gasteiger partial charge is 0.490 e. The van der Waals surface area contributed by atoms with Crippen molar-refractivity contribution >= 4 is 5.91 Å². The Kier molecular flexibility index (Phi) is 5.11. The Morgan fingerprint density at radius 2 is 1.89 bits per heavy atom. The van der Waals surface area contributed by atoms with Gasteiger partial charge in [-0.2, -0.15) is 5.26 Å². The van der Waals surface area contributed by atoms with Crippen molar-refractivity contribution in [3.63, 3.8) is 0 Å². The van der Waals surface area contributed by atoms with Crippen molar-refractivity contribution < 1.29 is 13.9 Å². The number of amides is 1. The number of ether oxygens (including phenoxy) is 1. The van der Waals surface area contributed by atoms with Crippen LogP contribution in [-0.2, 0) is 0 Å². The fourth-order valence-electron chi connectivity index (χ4n) is 3.44. The van der Waals surface area contributed by atoms with E-state index in [1.807, 2.05) is 41.3 Å². The molecule has 1 aliphatic rings. The van der Waals surface area contributed by atoms with E-state index in [4.69, 9.17) is 14.4 Å². The first-order valence-corrected chi connectivity index (χ1v) is 9.33. The first-order chi connectivity index (χ1) is 13.7. The zero-order valence-electron chi connectivity index (χ0n) is 15.4. The van der Waals surface area contributed by atoms with Gasteiger partial charge >= 0.3 is 0 Å². The molecule has 4 rings (SSSR count). The molecular weight excluding hydrogens is 352 g/mol. The quantitative estimate of drug-likeness (QED) is 0.676. The van der Waals surface area contributed by atoms with Gasteiger partial charge in [0, 0.05) is 37.1 Å². The maximum atomic E-state index is 12.7. The van der Waals surface area contributed by atoms with Gasteiger partial charge in [-0.25, -0.2) is 0 Å². The molecule has 0 radical (unpaired) electrons. The summed E-state index contributed by atoms with van der Waals surface area (Å²) < 4.78 is 11.6. The van der Waals surface area contributed by atoms with Crippen molar-refractivity contribution in [2.45, 2.75) is 18.9 Å². The second-order valence-corrected chi connectivity index (χ2v) is 6.81. The Bertz CT molecular complexity index is 997. The first-order valence-electron chi connectivity index (χ1n) is 9.33. The number of hydrogen-bond donors (Lipinski definition) is 0. The number of furan rings is 1. The summed E-state index contributed by atoms with van der Waals surface area (Å²) in [6.07, 6.45) is 3.27. The maximum Gasteiger partial charge on any atom is 0.253 e. The molecule has 1 aliphatic heterocycles. The molecule has 140 valence electrons. The number of benzene rings is 2. The maximum absolute atomic E-state index is 12.7.